The molecule has 4 fully saturated rings. The van der Waals surface area contributed by atoms with Gasteiger partial charge in [0.25, 0.3) is 0 Å². The second kappa shape index (κ2) is 2.99. The number of carbonyl (C=O) groups is 2. The average Bonchev–Trinajstić information content (AvgIpc) is 2.14. The quantitative estimate of drug-likeness (QED) is 0.747. The predicted molar refractivity (Wildman–Crippen MR) is 54.7 cm³/mol. The maximum Gasteiger partial charge on any atom is 0.310 e. The number of carboxylic acid groups (broad SMARTS) is 2. The standard InChI is InChI=1S/C12H16O4/c13-10(14)9-8-2-6-1-7(3-8)5-12(9,4-6)11(15)16/h6-9H,1-5H2,(H,13,14)(H,15,16)/t6-,7+,8?,9?,12?. The zero-order valence-corrected chi connectivity index (χ0v) is 9.06. The van der Waals surface area contributed by atoms with Crippen molar-refractivity contribution >= 4 is 11.9 Å². The van der Waals surface area contributed by atoms with E-state index in [1.165, 1.54) is 0 Å². The molecule has 2 N–H and O–H groups in total. The normalized spacial score (nSPS) is 49.2. The monoisotopic (exact) mass is 224 g/mol. The largest absolute Gasteiger partial charge is 0.481 e. The van der Waals surface area contributed by atoms with Gasteiger partial charge in [-0.25, -0.2) is 0 Å². The Hall–Kier alpha value is -1.06. The van der Waals surface area contributed by atoms with Gasteiger partial charge in [-0.3, -0.25) is 9.59 Å². The number of hydrogen-bond acceptors (Lipinski definition) is 2. The van der Waals surface area contributed by atoms with Crippen LogP contribution in [0.3, 0.4) is 0 Å². The van der Waals surface area contributed by atoms with Crippen LogP contribution in [0.1, 0.15) is 32.1 Å². The molecule has 0 amide bonds. The van der Waals surface area contributed by atoms with E-state index in [4.69, 9.17) is 0 Å². The first-order valence-electron chi connectivity index (χ1n) is 5.99. The molecule has 88 valence electrons. The Balaban J connectivity index is 2.05. The van der Waals surface area contributed by atoms with Crippen LogP contribution in [0.4, 0.5) is 0 Å². The van der Waals surface area contributed by atoms with Gasteiger partial charge >= 0.3 is 11.9 Å². The molecule has 0 aromatic heterocycles. The number of carboxylic acids is 2. The molecule has 4 aliphatic rings. The van der Waals surface area contributed by atoms with Crippen molar-refractivity contribution in [3.05, 3.63) is 0 Å². The Morgan fingerprint density at radius 2 is 1.56 bits per heavy atom. The lowest BCUT2D eigenvalue weighted by atomic mass is 9.45. The van der Waals surface area contributed by atoms with Gasteiger partial charge in [0.1, 0.15) is 0 Å². The van der Waals surface area contributed by atoms with Crippen LogP contribution < -0.4 is 0 Å². The first kappa shape index (κ1) is 10.1. The highest BCUT2D eigenvalue weighted by Crippen LogP contribution is 2.62. The first-order valence-corrected chi connectivity index (χ1v) is 5.99. The van der Waals surface area contributed by atoms with Gasteiger partial charge < -0.3 is 10.2 Å². The number of rotatable bonds is 2. The molecule has 4 heteroatoms. The molecule has 0 radical (unpaired) electrons. The van der Waals surface area contributed by atoms with Crippen LogP contribution >= 0.6 is 0 Å². The summed E-state index contributed by atoms with van der Waals surface area (Å²) in [6, 6.07) is 0. The summed E-state index contributed by atoms with van der Waals surface area (Å²) >= 11 is 0. The smallest absolute Gasteiger partial charge is 0.310 e. The maximum absolute atomic E-state index is 11.5. The summed E-state index contributed by atoms with van der Waals surface area (Å²) in [5, 5.41) is 18.7. The lowest BCUT2D eigenvalue weighted by Crippen LogP contribution is -2.58. The molecule has 0 heterocycles. The molecule has 5 atom stereocenters. The van der Waals surface area contributed by atoms with Crippen molar-refractivity contribution in [3.63, 3.8) is 0 Å². The third-order valence-corrected chi connectivity index (χ3v) is 5.00. The molecule has 0 spiro atoms. The molecule has 4 rings (SSSR count). The van der Waals surface area contributed by atoms with Crippen molar-refractivity contribution in [3.8, 4) is 0 Å². The van der Waals surface area contributed by atoms with Gasteiger partial charge in [-0.1, -0.05) is 0 Å². The van der Waals surface area contributed by atoms with E-state index in [9.17, 15) is 19.8 Å². The molecule has 4 saturated carbocycles. The molecule has 4 nitrogen and oxygen atoms in total. The van der Waals surface area contributed by atoms with Crippen LogP contribution in [0.15, 0.2) is 0 Å². The lowest BCUT2D eigenvalue weighted by Gasteiger charge is -2.57. The first-order chi connectivity index (χ1) is 7.53. The lowest BCUT2D eigenvalue weighted by molar-refractivity contribution is -0.189. The highest BCUT2D eigenvalue weighted by molar-refractivity contribution is 5.84. The fourth-order valence-corrected chi connectivity index (χ4v) is 4.79. The minimum atomic E-state index is -0.944. The third-order valence-electron chi connectivity index (χ3n) is 5.00. The van der Waals surface area contributed by atoms with E-state index in [1.807, 2.05) is 0 Å². The Labute approximate surface area is 93.6 Å². The topological polar surface area (TPSA) is 74.6 Å². The SMILES string of the molecule is O=C(O)C1C2C[C@@H]3C[C@H](C2)CC1(C(=O)O)C3. The summed E-state index contributed by atoms with van der Waals surface area (Å²) in [5.74, 6) is -1.38. The van der Waals surface area contributed by atoms with Crippen molar-refractivity contribution in [1.29, 1.82) is 0 Å². The predicted octanol–water partition coefficient (Wildman–Crippen LogP) is 1.60. The minimum absolute atomic E-state index is 0.111. The molecule has 4 bridgehead atoms. The van der Waals surface area contributed by atoms with Crippen LogP contribution in [-0.2, 0) is 9.59 Å². The third kappa shape index (κ3) is 1.10. The van der Waals surface area contributed by atoms with E-state index in [1.54, 1.807) is 0 Å². The second-order valence-electron chi connectivity index (χ2n) is 5.88. The molecule has 16 heavy (non-hydrogen) atoms. The van der Waals surface area contributed by atoms with Gasteiger partial charge in [0.05, 0.1) is 11.3 Å². The van der Waals surface area contributed by atoms with Gasteiger partial charge in [0, 0.05) is 0 Å². The minimum Gasteiger partial charge on any atom is -0.481 e. The summed E-state index contributed by atoms with van der Waals surface area (Å²) in [6.45, 7) is 0. The molecular weight excluding hydrogens is 208 g/mol. The summed E-state index contributed by atoms with van der Waals surface area (Å²) in [4.78, 5) is 22.8. The zero-order valence-electron chi connectivity index (χ0n) is 9.06. The molecule has 3 unspecified atom stereocenters. The van der Waals surface area contributed by atoms with E-state index in [0.29, 0.717) is 24.7 Å². The second-order valence-corrected chi connectivity index (χ2v) is 5.88. The Morgan fingerprint density at radius 1 is 1.00 bits per heavy atom. The molecule has 0 saturated heterocycles. The van der Waals surface area contributed by atoms with Gasteiger partial charge in [-0.2, -0.15) is 0 Å². The van der Waals surface area contributed by atoms with Crippen molar-refractivity contribution in [2.45, 2.75) is 32.1 Å². The summed E-state index contributed by atoms with van der Waals surface area (Å²) in [6.07, 6.45) is 4.17. The van der Waals surface area contributed by atoms with Crippen LogP contribution in [-0.4, -0.2) is 22.2 Å². The van der Waals surface area contributed by atoms with Crippen molar-refractivity contribution in [2.75, 3.05) is 0 Å². The summed E-state index contributed by atoms with van der Waals surface area (Å²) in [5.41, 5.74) is -0.944. The number of hydrogen-bond donors (Lipinski definition) is 2. The van der Waals surface area contributed by atoms with Gasteiger partial charge in [0.15, 0.2) is 0 Å². The van der Waals surface area contributed by atoms with E-state index in [-0.39, 0.29) is 5.92 Å². The van der Waals surface area contributed by atoms with Crippen molar-refractivity contribution < 1.29 is 19.8 Å². The van der Waals surface area contributed by atoms with Crippen molar-refractivity contribution in [1.82, 2.24) is 0 Å². The molecule has 4 aliphatic carbocycles. The van der Waals surface area contributed by atoms with Gasteiger partial charge in [-0.05, 0) is 49.9 Å². The zero-order chi connectivity index (χ0) is 11.5. The highest BCUT2D eigenvalue weighted by atomic mass is 16.4. The van der Waals surface area contributed by atoms with Crippen LogP contribution in [0.5, 0.6) is 0 Å². The fraction of sp³-hybridized carbons (Fsp3) is 0.833. The average molecular weight is 224 g/mol. The van der Waals surface area contributed by atoms with Crippen LogP contribution in [0, 0.1) is 29.1 Å². The van der Waals surface area contributed by atoms with Crippen LogP contribution in [0.25, 0.3) is 0 Å². The maximum atomic E-state index is 11.5. The highest BCUT2D eigenvalue weighted by Gasteiger charge is 2.63. The summed E-state index contributed by atoms with van der Waals surface area (Å²) < 4.78 is 0. The number of aliphatic carboxylic acids is 2. The van der Waals surface area contributed by atoms with Gasteiger partial charge in [-0.15, -0.1) is 0 Å². The van der Waals surface area contributed by atoms with Crippen LogP contribution in [0.2, 0.25) is 0 Å². The van der Waals surface area contributed by atoms with Gasteiger partial charge in [0.2, 0.25) is 0 Å². The Bertz CT molecular complexity index is 348. The van der Waals surface area contributed by atoms with Crippen molar-refractivity contribution in [2.24, 2.45) is 29.1 Å². The summed E-state index contributed by atoms with van der Waals surface area (Å²) in [7, 11) is 0. The molecule has 0 aromatic carbocycles. The van der Waals surface area contributed by atoms with E-state index in [2.05, 4.69) is 0 Å². The van der Waals surface area contributed by atoms with E-state index >= 15 is 0 Å². The Kier molecular flexibility index (Phi) is 1.89. The van der Waals surface area contributed by atoms with E-state index < -0.39 is 23.3 Å². The molecular formula is C12H16O4. The van der Waals surface area contributed by atoms with E-state index in [0.717, 1.165) is 19.3 Å². The molecule has 0 aromatic rings. The fourth-order valence-electron chi connectivity index (χ4n) is 4.79. The molecule has 0 aliphatic heterocycles. The Morgan fingerprint density at radius 3 is 2.00 bits per heavy atom.